The summed E-state index contributed by atoms with van der Waals surface area (Å²) >= 11 is 0. The van der Waals surface area contributed by atoms with Crippen molar-refractivity contribution in [3.05, 3.63) is 59.8 Å². The SMILES string of the molecule is COc1ccc(NC(=O)N2CCc3c([nH]c4ccccc34)C2)cc1. The molecule has 0 unspecified atom stereocenters. The van der Waals surface area contributed by atoms with Crippen LogP contribution in [0, 0.1) is 0 Å². The standard InChI is InChI=1S/C19H19N3O2/c1-24-14-8-6-13(7-9-14)20-19(23)22-11-10-16-15-4-2-3-5-17(15)21-18(16)12-22/h2-9,21H,10-12H2,1H3,(H,20,23). The summed E-state index contributed by atoms with van der Waals surface area (Å²) in [4.78, 5) is 17.8. The van der Waals surface area contributed by atoms with Crippen LogP contribution in [0.2, 0.25) is 0 Å². The van der Waals surface area contributed by atoms with E-state index in [4.69, 9.17) is 4.74 Å². The molecule has 3 aromatic rings. The molecule has 0 saturated heterocycles. The molecule has 2 amide bonds. The monoisotopic (exact) mass is 321 g/mol. The Balaban J connectivity index is 1.50. The minimum atomic E-state index is -0.0792. The van der Waals surface area contributed by atoms with Gasteiger partial charge in [-0.05, 0) is 42.3 Å². The minimum Gasteiger partial charge on any atom is -0.497 e. The third-order valence-electron chi connectivity index (χ3n) is 4.51. The van der Waals surface area contributed by atoms with Gasteiger partial charge in [0.1, 0.15) is 5.75 Å². The van der Waals surface area contributed by atoms with Gasteiger partial charge in [0.25, 0.3) is 0 Å². The first-order chi connectivity index (χ1) is 11.7. The third kappa shape index (κ3) is 2.58. The summed E-state index contributed by atoms with van der Waals surface area (Å²) in [5.41, 5.74) is 4.37. The molecule has 1 aliphatic heterocycles. The van der Waals surface area contributed by atoms with Gasteiger partial charge >= 0.3 is 6.03 Å². The smallest absolute Gasteiger partial charge is 0.322 e. The highest BCUT2D eigenvalue weighted by Crippen LogP contribution is 2.27. The average molecular weight is 321 g/mol. The summed E-state index contributed by atoms with van der Waals surface area (Å²) in [6.07, 6.45) is 0.870. The molecule has 5 nitrogen and oxygen atoms in total. The molecular formula is C19H19N3O2. The number of carbonyl (C=O) groups excluding carboxylic acids is 1. The van der Waals surface area contributed by atoms with Crippen molar-refractivity contribution in [3.63, 3.8) is 0 Å². The van der Waals surface area contributed by atoms with E-state index in [1.165, 1.54) is 10.9 Å². The number of anilines is 1. The maximum atomic E-state index is 12.5. The molecule has 1 aliphatic rings. The molecule has 0 atom stereocenters. The molecule has 0 aliphatic carbocycles. The highest BCUT2D eigenvalue weighted by atomic mass is 16.5. The second-order valence-electron chi connectivity index (χ2n) is 5.96. The van der Waals surface area contributed by atoms with E-state index >= 15 is 0 Å². The van der Waals surface area contributed by atoms with Crippen molar-refractivity contribution in [2.45, 2.75) is 13.0 Å². The van der Waals surface area contributed by atoms with E-state index < -0.39 is 0 Å². The molecule has 2 N–H and O–H groups in total. The number of H-pyrrole nitrogens is 1. The van der Waals surface area contributed by atoms with Crippen LogP contribution in [0.25, 0.3) is 10.9 Å². The number of fused-ring (bicyclic) bond motifs is 3. The Kier molecular flexibility index (Phi) is 3.61. The highest BCUT2D eigenvalue weighted by Gasteiger charge is 2.23. The summed E-state index contributed by atoms with van der Waals surface area (Å²) in [5.74, 6) is 0.772. The van der Waals surface area contributed by atoms with E-state index in [1.807, 2.05) is 35.2 Å². The van der Waals surface area contributed by atoms with Gasteiger partial charge in [-0.15, -0.1) is 0 Å². The topological polar surface area (TPSA) is 57.4 Å². The molecule has 0 saturated carbocycles. The van der Waals surface area contributed by atoms with E-state index in [1.54, 1.807) is 7.11 Å². The lowest BCUT2D eigenvalue weighted by molar-refractivity contribution is 0.206. The van der Waals surface area contributed by atoms with E-state index in [0.717, 1.165) is 35.6 Å². The number of para-hydroxylation sites is 1. The van der Waals surface area contributed by atoms with Gasteiger partial charge in [0.05, 0.1) is 13.7 Å². The van der Waals surface area contributed by atoms with Crippen LogP contribution in [0.5, 0.6) is 5.75 Å². The Morgan fingerprint density at radius 1 is 1.17 bits per heavy atom. The first-order valence-electron chi connectivity index (χ1n) is 8.03. The van der Waals surface area contributed by atoms with Gasteiger partial charge < -0.3 is 19.9 Å². The predicted molar refractivity (Wildman–Crippen MR) is 94.4 cm³/mol. The van der Waals surface area contributed by atoms with E-state index in [0.29, 0.717) is 6.54 Å². The van der Waals surface area contributed by atoms with Gasteiger partial charge in [-0.25, -0.2) is 4.79 Å². The van der Waals surface area contributed by atoms with Gasteiger partial charge in [0.2, 0.25) is 0 Å². The third-order valence-corrected chi connectivity index (χ3v) is 4.51. The van der Waals surface area contributed by atoms with Crippen LogP contribution in [0.3, 0.4) is 0 Å². The summed E-state index contributed by atoms with van der Waals surface area (Å²) in [5, 5.41) is 4.21. The molecule has 5 heteroatoms. The molecule has 122 valence electrons. The Morgan fingerprint density at radius 3 is 2.75 bits per heavy atom. The number of nitrogens with one attached hydrogen (secondary N) is 2. The fourth-order valence-electron chi connectivity index (χ4n) is 3.24. The maximum absolute atomic E-state index is 12.5. The number of amides is 2. The number of hydrogen-bond donors (Lipinski definition) is 2. The Bertz CT molecular complexity index is 883. The van der Waals surface area contributed by atoms with E-state index in [2.05, 4.69) is 28.5 Å². The normalized spacial score (nSPS) is 13.6. The molecule has 2 aromatic carbocycles. The summed E-state index contributed by atoms with van der Waals surface area (Å²) in [7, 11) is 1.62. The van der Waals surface area contributed by atoms with E-state index in [9.17, 15) is 4.79 Å². The fraction of sp³-hybridized carbons (Fsp3) is 0.211. The van der Waals surface area contributed by atoms with Gasteiger partial charge in [0, 0.05) is 28.8 Å². The largest absolute Gasteiger partial charge is 0.497 e. The van der Waals surface area contributed by atoms with Crippen LogP contribution in [-0.2, 0) is 13.0 Å². The van der Waals surface area contributed by atoms with Crippen LogP contribution in [0.4, 0.5) is 10.5 Å². The number of methoxy groups -OCH3 is 1. The van der Waals surface area contributed by atoms with Gasteiger partial charge in [-0.2, -0.15) is 0 Å². The van der Waals surface area contributed by atoms with Crippen molar-refractivity contribution < 1.29 is 9.53 Å². The number of urea groups is 1. The Labute approximate surface area is 140 Å². The van der Waals surface area contributed by atoms with Gasteiger partial charge in [-0.1, -0.05) is 18.2 Å². The molecule has 0 radical (unpaired) electrons. The zero-order chi connectivity index (χ0) is 16.5. The number of nitrogens with zero attached hydrogens (tertiary/aromatic N) is 1. The molecule has 4 rings (SSSR count). The predicted octanol–water partition coefficient (Wildman–Crippen LogP) is 3.77. The number of hydrogen-bond acceptors (Lipinski definition) is 2. The number of aromatic nitrogens is 1. The fourth-order valence-corrected chi connectivity index (χ4v) is 3.24. The van der Waals surface area contributed by atoms with E-state index in [-0.39, 0.29) is 6.03 Å². The lowest BCUT2D eigenvalue weighted by Crippen LogP contribution is -2.38. The van der Waals surface area contributed by atoms with Crippen LogP contribution < -0.4 is 10.1 Å². The van der Waals surface area contributed by atoms with Crippen molar-refractivity contribution in [2.24, 2.45) is 0 Å². The zero-order valence-electron chi connectivity index (χ0n) is 13.5. The van der Waals surface area contributed by atoms with Crippen LogP contribution in [-0.4, -0.2) is 29.6 Å². The number of benzene rings is 2. The Morgan fingerprint density at radius 2 is 1.96 bits per heavy atom. The van der Waals surface area contributed by atoms with Crippen molar-refractivity contribution in [1.29, 1.82) is 0 Å². The first kappa shape index (κ1) is 14.6. The minimum absolute atomic E-state index is 0.0792. The molecular weight excluding hydrogens is 302 g/mol. The second kappa shape index (κ2) is 5.92. The first-order valence-corrected chi connectivity index (χ1v) is 8.03. The van der Waals surface area contributed by atoms with Gasteiger partial charge in [-0.3, -0.25) is 0 Å². The van der Waals surface area contributed by atoms with Crippen molar-refractivity contribution >= 4 is 22.6 Å². The molecule has 0 spiro atoms. The molecule has 0 fully saturated rings. The molecule has 1 aromatic heterocycles. The van der Waals surface area contributed by atoms with Crippen LogP contribution in [0.1, 0.15) is 11.3 Å². The number of carbonyl (C=O) groups is 1. The number of ether oxygens (including phenoxy) is 1. The van der Waals surface area contributed by atoms with Gasteiger partial charge in [0.15, 0.2) is 0 Å². The van der Waals surface area contributed by atoms with Crippen molar-refractivity contribution in [2.75, 3.05) is 19.0 Å². The van der Waals surface area contributed by atoms with Crippen molar-refractivity contribution in [1.82, 2.24) is 9.88 Å². The lowest BCUT2D eigenvalue weighted by Gasteiger charge is -2.27. The average Bonchev–Trinajstić information content (AvgIpc) is 3.00. The molecule has 24 heavy (non-hydrogen) atoms. The Hall–Kier alpha value is -2.95. The van der Waals surface area contributed by atoms with Crippen LogP contribution >= 0.6 is 0 Å². The molecule has 0 bridgehead atoms. The highest BCUT2D eigenvalue weighted by molar-refractivity contribution is 5.90. The lowest BCUT2D eigenvalue weighted by atomic mass is 10.0. The van der Waals surface area contributed by atoms with Crippen LogP contribution in [0.15, 0.2) is 48.5 Å². The number of rotatable bonds is 2. The summed E-state index contributed by atoms with van der Waals surface area (Å²) in [6, 6.07) is 15.6. The summed E-state index contributed by atoms with van der Waals surface area (Å²) in [6.45, 7) is 1.32. The quantitative estimate of drug-likeness (QED) is 0.755. The second-order valence-corrected chi connectivity index (χ2v) is 5.96. The maximum Gasteiger partial charge on any atom is 0.322 e. The summed E-state index contributed by atoms with van der Waals surface area (Å²) < 4.78 is 5.13. The molecule has 2 heterocycles. The number of aromatic amines is 1. The zero-order valence-corrected chi connectivity index (χ0v) is 13.5. The van der Waals surface area contributed by atoms with Crippen molar-refractivity contribution in [3.8, 4) is 5.75 Å².